The highest BCUT2D eigenvalue weighted by Crippen LogP contribution is 2.31. The summed E-state index contributed by atoms with van der Waals surface area (Å²) in [6.45, 7) is -0.659. The van der Waals surface area contributed by atoms with Crippen molar-refractivity contribution in [3.8, 4) is 0 Å². The number of benzene rings is 2. The fraction of sp³-hybridized carbons (Fsp3) is 0.409. The summed E-state index contributed by atoms with van der Waals surface area (Å²) in [6.07, 6.45) is -1.12. The van der Waals surface area contributed by atoms with Gasteiger partial charge in [-0.2, -0.15) is 0 Å². The highest BCUT2D eigenvalue weighted by molar-refractivity contribution is 6.02. The van der Waals surface area contributed by atoms with Crippen LogP contribution in [0.1, 0.15) is 27.0 Å². The molecule has 29 heavy (non-hydrogen) atoms. The number of ether oxygens (including phenoxy) is 2. The molecule has 7 heteroatoms. The fourth-order valence-electron chi connectivity index (χ4n) is 3.15. The number of hydrogen-bond acceptors (Lipinski definition) is 7. The van der Waals surface area contributed by atoms with Crippen molar-refractivity contribution in [1.29, 1.82) is 0 Å². The number of Topliss-reactive ketones (excluding diaryl/α,β-unsaturated/α-hetero) is 1. The van der Waals surface area contributed by atoms with Crippen LogP contribution in [0.2, 0.25) is 0 Å². The van der Waals surface area contributed by atoms with E-state index in [1.54, 1.807) is 48.5 Å². The van der Waals surface area contributed by atoms with Gasteiger partial charge in [0, 0.05) is 38.2 Å². The molecule has 2 unspecified atom stereocenters. The Morgan fingerprint density at radius 1 is 0.828 bits per heavy atom. The number of hydrogen-bond donors (Lipinski definition) is 4. The average molecular weight is 404 g/mol. The van der Waals surface area contributed by atoms with E-state index in [0.717, 1.165) is 11.1 Å². The van der Waals surface area contributed by atoms with Crippen LogP contribution in [-0.4, -0.2) is 65.9 Å². The molecule has 0 fully saturated rings. The molecule has 0 aliphatic rings. The van der Waals surface area contributed by atoms with Gasteiger partial charge in [-0.25, -0.2) is 0 Å². The Bertz CT molecular complexity index is 767. The van der Waals surface area contributed by atoms with Crippen LogP contribution in [0.15, 0.2) is 48.5 Å². The van der Waals surface area contributed by atoms with Gasteiger partial charge in [-0.1, -0.05) is 48.5 Å². The van der Waals surface area contributed by atoms with Crippen LogP contribution in [0.3, 0.4) is 0 Å². The summed E-state index contributed by atoms with van der Waals surface area (Å²) in [5.41, 5.74) is 2.45. The molecule has 0 amide bonds. The molecule has 2 rings (SSSR count). The van der Waals surface area contributed by atoms with Gasteiger partial charge in [0.25, 0.3) is 5.79 Å². The lowest BCUT2D eigenvalue weighted by atomic mass is 9.93. The van der Waals surface area contributed by atoms with E-state index in [-0.39, 0.29) is 25.4 Å². The van der Waals surface area contributed by atoms with Crippen molar-refractivity contribution in [2.24, 2.45) is 0 Å². The molecule has 0 radical (unpaired) electrons. The molecule has 0 aliphatic heterocycles. The molecular weight excluding hydrogens is 376 g/mol. The summed E-state index contributed by atoms with van der Waals surface area (Å²) in [4.78, 5) is 13.2. The molecule has 0 saturated carbocycles. The molecule has 2 atom stereocenters. The number of rotatable bonds is 11. The maximum Gasteiger partial charge on any atom is 0.260 e. The highest BCUT2D eigenvalue weighted by atomic mass is 16.7. The van der Waals surface area contributed by atoms with Gasteiger partial charge in [-0.15, -0.1) is 0 Å². The molecule has 0 aromatic heterocycles. The summed E-state index contributed by atoms with van der Waals surface area (Å²) in [5.74, 6) is -2.03. The van der Waals surface area contributed by atoms with E-state index in [4.69, 9.17) is 19.7 Å². The van der Waals surface area contributed by atoms with Gasteiger partial charge in [-0.05, 0) is 11.1 Å². The van der Waals surface area contributed by atoms with Crippen molar-refractivity contribution < 1.29 is 34.7 Å². The normalized spacial score (nSPS) is 13.9. The largest absolute Gasteiger partial charge is 0.394 e. The maximum absolute atomic E-state index is 13.2. The van der Waals surface area contributed by atoms with Crippen molar-refractivity contribution in [1.82, 2.24) is 0 Å². The topological polar surface area (TPSA) is 116 Å². The second-order valence-corrected chi connectivity index (χ2v) is 6.83. The molecule has 0 heterocycles. The van der Waals surface area contributed by atoms with E-state index in [0.29, 0.717) is 17.5 Å². The van der Waals surface area contributed by atoms with E-state index in [9.17, 15) is 15.0 Å². The molecule has 7 nitrogen and oxygen atoms in total. The van der Waals surface area contributed by atoms with Gasteiger partial charge in [0.15, 0.2) is 0 Å². The molecular formula is C22H28O7. The Kier molecular flexibility index (Phi) is 8.45. The first-order valence-corrected chi connectivity index (χ1v) is 9.31. The number of carbonyl (C=O) groups excluding carboxylic acids is 1. The smallest absolute Gasteiger partial charge is 0.260 e. The van der Waals surface area contributed by atoms with Crippen molar-refractivity contribution in [3.05, 3.63) is 70.8 Å². The minimum atomic E-state index is -1.64. The third-order valence-electron chi connectivity index (χ3n) is 4.79. The zero-order valence-corrected chi connectivity index (χ0v) is 16.6. The van der Waals surface area contributed by atoms with Gasteiger partial charge in [0.1, 0.15) is 0 Å². The van der Waals surface area contributed by atoms with Gasteiger partial charge < -0.3 is 29.9 Å². The quantitative estimate of drug-likeness (QED) is 0.323. The lowest BCUT2D eigenvalue weighted by molar-refractivity contribution is -0.176. The van der Waals surface area contributed by atoms with Crippen LogP contribution in [0.5, 0.6) is 0 Å². The number of aliphatic hydroxyl groups excluding tert-OH is 4. The van der Waals surface area contributed by atoms with Crippen molar-refractivity contribution in [3.63, 3.8) is 0 Å². The maximum atomic E-state index is 13.2. The summed E-state index contributed by atoms with van der Waals surface area (Å²) < 4.78 is 11.0. The number of carbonyl (C=O) groups is 1. The first kappa shape index (κ1) is 23.2. The Hall–Kier alpha value is -2.13. The Labute approximate surface area is 170 Å². The molecule has 0 aliphatic carbocycles. The van der Waals surface area contributed by atoms with Crippen LogP contribution in [-0.2, 0) is 28.1 Å². The highest BCUT2D eigenvalue weighted by Gasteiger charge is 2.41. The summed E-state index contributed by atoms with van der Waals surface area (Å²) in [5, 5.41) is 37.1. The zero-order valence-electron chi connectivity index (χ0n) is 16.6. The molecule has 2 aromatic carbocycles. The SMILES string of the molecule is COC(OC)(C(=O)c1ccc(CC(O)CO)cc1)c1ccc(CC(O)CO)cc1. The number of ketones is 1. The Morgan fingerprint density at radius 2 is 1.24 bits per heavy atom. The first-order chi connectivity index (χ1) is 13.9. The fourth-order valence-corrected chi connectivity index (χ4v) is 3.15. The van der Waals surface area contributed by atoms with Crippen LogP contribution >= 0.6 is 0 Å². The van der Waals surface area contributed by atoms with Crippen LogP contribution in [0.25, 0.3) is 0 Å². The third kappa shape index (κ3) is 5.48. The van der Waals surface area contributed by atoms with E-state index < -0.39 is 18.0 Å². The number of aliphatic hydroxyl groups is 4. The lowest BCUT2D eigenvalue weighted by Crippen LogP contribution is -2.40. The predicted molar refractivity (Wildman–Crippen MR) is 107 cm³/mol. The van der Waals surface area contributed by atoms with E-state index >= 15 is 0 Å². The van der Waals surface area contributed by atoms with Gasteiger partial charge in [-0.3, -0.25) is 4.79 Å². The molecule has 0 saturated heterocycles. The van der Waals surface area contributed by atoms with Crippen LogP contribution in [0, 0.1) is 0 Å². The summed E-state index contributed by atoms with van der Waals surface area (Å²) in [6, 6.07) is 13.5. The second-order valence-electron chi connectivity index (χ2n) is 6.83. The van der Waals surface area contributed by atoms with E-state index in [1.165, 1.54) is 14.2 Å². The van der Waals surface area contributed by atoms with Gasteiger partial charge in [0.05, 0.1) is 25.4 Å². The van der Waals surface area contributed by atoms with E-state index in [1.807, 2.05) is 0 Å². The van der Waals surface area contributed by atoms with Gasteiger partial charge >= 0.3 is 0 Å². The first-order valence-electron chi connectivity index (χ1n) is 9.31. The zero-order chi connectivity index (χ0) is 21.4. The molecule has 158 valence electrons. The Balaban J connectivity index is 2.27. The van der Waals surface area contributed by atoms with Crippen molar-refractivity contribution in [2.75, 3.05) is 27.4 Å². The van der Waals surface area contributed by atoms with Crippen molar-refractivity contribution >= 4 is 5.78 Å². The van der Waals surface area contributed by atoms with Crippen molar-refractivity contribution in [2.45, 2.75) is 30.8 Å². The Morgan fingerprint density at radius 3 is 1.62 bits per heavy atom. The third-order valence-corrected chi connectivity index (χ3v) is 4.79. The molecule has 0 bridgehead atoms. The minimum Gasteiger partial charge on any atom is -0.394 e. The lowest BCUT2D eigenvalue weighted by Gasteiger charge is -2.30. The van der Waals surface area contributed by atoms with Gasteiger partial charge in [0.2, 0.25) is 5.78 Å². The average Bonchev–Trinajstić information content (AvgIpc) is 2.76. The molecule has 2 aromatic rings. The van der Waals surface area contributed by atoms with Crippen LogP contribution in [0.4, 0.5) is 0 Å². The standard InChI is InChI=1S/C22H28O7/c1-28-22(29-2,18-9-5-16(6-10-18)12-20(26)14-24)21(27)17-7-3-15(4-8-17)11-19(25)13-23/h3-10,19-20,23-26H,11-14H2,1-2H3. The molecule has 0 spiro atoms. The summed E-state index contributed by atoms with van der Waals surface area (Å²) in [7, 11) is 2.77. The second kappa shape index (κ2) is 10.6. The van der Waals surface area contributed by atoms with Crippen LogP contribution < -0.4 is 0 Å². The molecule has 4 N–H and O–H groups in total. The predicted octanol–water partition coefficient (Wildman–Crippen LogP) is 0.806. The van der Waals surface area contributed by atoms with E-state index in [2.05, 4.69) is 0 Å². The monoisotopic (exact) mass is 404 g/mol. The summed E-state index contributed by atoms with van der Waals surface area (Å²) >= 11 is 0. The number of methoxy groups -OCH3 is 2. The minimum absolute atomic E-state index is 0.284.